The molecule has 3 nitrogen and oxygen atoms in total. The smallest absolute Gasteiger partial charge is 0.302 e. The van der Waals surface area contributed by atoms with Crippen molar-refractivity contribution in [2.75, 3.05) is 13.2 Å². The standard InChI is InChI=1S/C9H16O3/c1-4-6-11-7-5-8(2)12-9(3)10/h4,8H,1,5-7H2,2-3H3. The monoisotopic (exact) mass is 172 g/mol. The van der Waals surface area contributed by atoms with Crippen molar-refractivity contribution in [1.29, 1.82) is 0 Å². The van der Waals surface area contributed by atoms with Gasteiger partial charge in [0.25, 0.3) is 0 Å². The number of hydrogen-bond donors (Lipinski definition) is 0. The van der Waals surface area contributed by atoms with Crippen molar-refractivity contribution in [3.63, 3.8) is 0 Å². The third kappa shape index (κ3) is 7.28. The maximum atomic E-state index is 10.5. The Morgan fingerprint density at radius 3 is 2.83 bits per heavy atom. The maximum absolute atomic E-state index is 10.5. The van der Waals surface area contributed by atoms with Crippen molar-refractivity contribution < 1.29 is 14.3 Å². The van der Waals surface area contributed by atoms with E-state index in [0.717, 1.165) is 6.42 Å². The van der Waals surface area contributed by atoms with Gasteiger partial charge in [-0.1, -0.05) is 6.08 Å². The lowest BCUT2D eigenvalue weighted by atomic mass is 10.3. The maximum Gasteiger partial charge on any atom is 0.302 e. The van der Waals surface area contributed by atoms with Crippen LogP contribution in [0.2, 0.25) is 0 Å². The Bertz CT molecular complexity index is 143. The van der Waals surface area contributed by atoms with Crippen LogP contribution in [0.1, 0.15) is 20.3 Å². The topological polar surface area (TPSA) is 35.5 Å². The van der Waals surface area contributed by atoms with Crippen LogP contribution in [0.25, 0.3) is 0 Å². The fraction of sp³-hybridized carbons (Fsp3) is 0.667. The van der Waals surface area contributed by atoms with E-state index in [1.165, 1.54) is 6.92 Å². The molecule has 0 heterocycles. The highest BCUT2D eigenvalue weighted by Crippen LogP contribution is 1.97. The first-order chi connectivity index (χ1) is 5.66. The van der Waals surface area contributed by atoms with Crippen LogP contribution in [0, 0.1) is 0 Å². The SMILES string of the molecule is C=CCOCCC(C)OC(C)=O. The summed E-state index contributed by atoms with van der Waals surface area (Å²) in [6.07, 6.45) is 2.36. The lowest BCUT2D eigenvalue weighted by molar-refractivity contribution is -0.146. The summed E-state index contributed by atoms with van der Waals surface area (Å²) in [7, 11) is 0. The van der Waals surface area contributed by atoms with Crippen LogP contribution >= 0.6 is 0 Å². The summed E-state index contributed by atoms with van der Waals surface area (Å²) in [6, 6.07) is 0. The first kappa shape index (κ1) is 11.2. The number of rotatable bonds is 6. The van der Waals surface area contributed by atoms with Crippen LogP contribution in [0.15, 0.2) is 12.7 Å². The molecule has 0 rings (SSSR count). The van der Waals surface area contributed by atoms with Crippen molar-refractivity contribution >= 4 is 5.97 Å². The normalized spacial score (nSPS) is 12.2. The highest BCUT2D eigenvalue weighted by molar-refractivity contribution is 5.66. The summed E-state index contributed by atoms with van der Waals surface area (Å²) in [4.78, 5) is 10.5. The molecule has 70 valence electrons. The van der Waals surface area contributed by atoms with Gasteiger partial charge in [-0.15, -0.1) is 6.58 Å². The van der Waals surface area contributed by atoms with Gasteiger partial charge in [0.05, 0.1) is 13.2 Å². The average Bonchev–Trinajstić information content (AvgIpc) is 1.97. The second-order valence-corrected chi connectivity index (χ2v) is 2.57. The third-order valence-electron chi connectivity index (χ3n) is 1.27. The van der Waals surface area contributed by atoms with E-state index in [9.17, 15) is 4.79 Å². The van der Waals surface area contributed by atoms with Crippen LogP contribution in [-0.2, 0) is 14.3 Å². The molecule has 0 bridgehead atoms. The first-order valence-electron chi connectivity index (χ1n) is 4.02. The summed E-state index contributed by atoms with van der Waals surface area (Å²) < 4.78 is 10.0. The van der Waals surface area contributed by atoms with Crippen LogP contribution in [0.4, 0.5) is 0 Å². The Morgan fingerprint density at radius 2 is 2.33 bits per heavy atom. The van der Waals surface area contributed by atoms with E-state index in [1.54, 1.807) is 6.08 Å². The summed E-state index contributed by atoms with van der Waals surface area (Å²) in [5.74, 6) is -0.244. The number of hydrogen-bond acceptors (Lipinski definition) is 3. The predicted octanol–water partition coefficient (Wildman–Crippen LogP) is 1.53. The van der Waals surface area contributed by atoms with E-state index < -0.39 is 0 Å². The van der Waals surface area contributed by atoms with E-state index in [0.29, 0.717) is 13.2 Å². The molecule has 12 heavy (non-hydrogen) atoms. The zero-order chi connectivity index (χ0) is 9.40. The Morgan fingerprint density at radius 1 is 1.67 bits per heavy atom. The summed E-state index contributed by atoms with van der Waals surface area (Å²) in [6.45, 7) is 7.91. The number of carbonyl (C=O) groups excluding carboxylic acids is 1. The van der Waals surface area contributed by atoms with Crippen molar-refractivity contribution in [1.82, 2.24) is 0 Å². The van der Waals surface area contributed by atoms with Crippen molar-refractivity contribution in [2.24, 2.45) is 0 Å². The molecular weight excluding hydrogens is 156 g/mol. The second-order valence-electron chi connectivity index (χ2n) is 2.57. The van der Waals surface area contributed by atoms with Gasteiger partial charge in [0.15, 0.2) is 0 Å². The van der Waals surface area contributed by atoms with E-state index in [-0.39, 0.29) is 12.1 Å². The van der Waals surface area contributed by atoms with Crippen LogP contribution < -0.4 is 0 Å². The van der Waals surface area contributed by atoms with Gasteiger partial charge in [-0.3, -0.25) is 4.79 Å². The minimum absolute atomic E-state index is 0.0627. The predicted molar refractivity (Wildman–Crippen MR) is 46.9 cm³/mol. The van der Waals surface area contributed by atoms with Crippen molar-refractivity contribution in [2.45, 2.75) is 26.4 Å². The summed E-state index contributed by atoms with van der Waals surface area (Å²) >= 11 is 0. The molecule has 1 atom stereocenters. The van der Waals surface area contributed by atoms with Crippen LogP contribution in [0.3, 0.4) is 0 Å². The molecule has 0 fully saturated rings. The molecule has 0 saturated heterocycles. The van der Waals surface area contributed by atoms with Gasteiger partial charge in [0.2, 0.25) is 0 Å². The number of ether oxygens (including phenoxy) is 2. The molecule has 0 spiro atoms. The minimum atomic E-state index is -0.244. The van der Waals surface area contributed by atoms with Crippen molar-refractivity contribution in [3.05, 3.63) is 12.7 Å². The van der Waals surface area contributed by atoms with E-state index >= 15 is 0 Å². The van der Waals surface area contributed by atoms with Gasteiger partial charge < -0.3 is 9.47 Å². The molecule has 0 aliphatic rings. The van der Waals surface area contributed by atoms with Crippen LogP contribution in [-0.4, -0.2) is 25.3 Å². The largest absolute Gasteiger partial charge is 0.463 e. The Labute approximate surface area is 73.4 Å². The van der Waals surface area contributed by atoms with Gasteiger partial charge in [-0.05, 0) is 6.92 Å². The molecule has 0 amide bonds. The minimum Gasteiger partial charge on any atom is -0.463 e. The zero-order valence-corrected chi connectivity index (χ0v) is 7.71. The molecule has 0 N–H and O–H groups in total. The second kappa shape index (κ2) is 6.85. The highest BCUT2D eigenvalue weighted by atomic mass is 16.5. The lowest BCUT2D eigenvalue weighted by Crippen LogP contribution is -2.14. The lowest BCUT2D eigenvalue weighted by Gasteiger charge is -2.10. The van der Waals surface area contributed by atoms with Gasteiger partial charge in [0, 0.05) is 13.3 Å². The molecule has 0 aromatic rings. The van der Waals surface area contributed by atoms with Gasteiger partial charge >= 0.3 is 5.97 Å². The van der Waals surface area contributed by atoms with E-state index in [1.807, 2.05) is 6.92 Å². The number of carbonyl (C=O) groups is 1. The number of esters is 1. The van der Waals surface area contributed by atoms with Crippen molar-refractivity contribution in [3.8, 4) is 0 Å². The Hall–Kier alpha value is -0.830. The molecule has 0 aliphatic carbocycles. The van der Waals surface area contributed by atoms with Crippen LogP contribution in [0.5, 0.6) is 0 Å². The molecule has 1 unspecified atom stereocenters. The van der Waals surface area contributed by atoms with Gasteiger partial charge in [-0.25, -0.2) is 0 Å². The third-order valence-corrected chi connectivity index (χ3v) is 1.27. The van der Waals surface area contributed by atoms with Gasteiger partial charge in [0.1, 0.15) is 6.10 Å². The molecule has 0 aliphatic heterocycles. The molecule has 0 aromatic carbocycles. The van der Waals surface area contributed by atoms with Gasteiger partial charge in [-0.2, -0.15) is 0 Å². The molecule has 0 radical (unpaired) electrons. The van der Waals surface area contributed by atoms with E-state index in [4.69, 9.17) is 9.47 Å². The van der Waals surface area contributed by atoms with E-state index in [2.05, 4.69) is 6.58 Å². The fourth-order valence-corrected chi connectivity index (χ4v) is 0.758. The highest BCUT2D eigenvalue weighted by Gasteiger charge is 2.03. The Balaban J connectivity index is 3.24. The quantitative estimate of drug-likeness (QED) is 0.346. The molecule has 0 saturated carbocycles. The fourth-order valence-electron chi connectivity index (χ4n) is 0.758. The molecular formula is C9H16O3. The zero-order valence-electron chi connectivity index (χ0n) is 7.71. The summed E-state index contributed by atoms with van der Waals surface area (Å²) in [5.41, 5.74) is 0. The average molecular weight is 172 g/mol. The molecule has 0 aromatic heterocycles. The summed E-state index contributed by atoms with van der Waals surface area (Å²) in [5, 5.41) is 0. The Kier molecular flexibility index (Phi) is 6.38. The first-order valence-corrected chi connectivity index (χ1v) is 4.02. The molecule has 3 heteroatoms.